The summed E-state index contributed by atoms with van der Waals surface area (Å²) < 4.78 is 31.5. The molecule has 0 unspecified atom stereocenters. The second-order valence-electron chi connectivity index (χ2n) is 4.21. The van der Waals surface area contributed by atoms with Gasteiger partial charge in [0, 0.05) is 6.54 Å². The summed E-state index contributed by atoms with van der Waals surface area (Å²) in [4.78, 5) is 0.0813. The Morgan fingerprint density at radius 1 is 1.26 bits per heavy atom. The van der Waals surface area contributed by atoms with Crippen molar-refractivity contribution in [2.24, 2.45) is 0 Å². The fourth-order valence-corrected chi connectivity index (χ4v) is 2.75. The molecule has 7 heteroatoms. The van der Waals surface area contributed by atoms with Crippen molar-refractivity contribution < 1.29 is 18.3 Å². The van der Waals surface area contributed by atoms with Gasteiger partial charge in [-0.2, -0.15) is 0 Å². The molecule has 0 saturated heterocycles. The molecule has 0 aliphatic heterocycles. The second-order valence-corrected chi connectivity index (χ2v) is 5.94. The number of nitrogens with two attached hydrogens (primary N) is 1. The van der Waals surface area contributed by atoms with Gasteiger partial charge in [-0.1, -0.05) is 0 Å². The fraction of sp³-hybridized carbons (Fsp3) is 0.500. The van der Waals surface area contributed by atoms with Gasteiger partial charge < -0.3 is 15.6 Å². The molecule has 0 fully saturated rings. The average Bonchev–Trinajstić information content (AvgIpc) is 2.33. The van der Waals surface area contributed by atoms with Crippen molar-refractivity contribution in [1.29, 1.82) is 0 Å². The van der Waals surface area contributed by atoms with Crippen molar-refractivity contribution in [3.8, 4) is 0 Å². The van der Waals surface area contributed by atoms with Crippen LogP contribution in [0.4, 0.5) is 5.69 Å². The number of hydrogen-bond donors (Lipinski definition) is 3. The maximum atomic E-state index is 12.1. The van der Waals surface area contributed by atoms with E-state index in [9.17, 15) is 8.42 Å². The van der Waals surface area contributed by atoms with Crippen LogP contribution >= 0.6 is 0 Å². The number of hydrogen-bond acceptors (Lipinski definition) is 5. The summed E-state index contributed by atoms with van der Waals surface area (Å²) in [7, 11) is -3.63. The molecule has 0 saturated carbocycles. The fourth-order valence-electron chi connectivity index (χ4n) is 1.54. The van der Waals surface area contributed by atoms with Crippen molar-refractivity contribution in [1.82, 2.24) is 4.72 Å². The van der Waals surface area contributed by atoms with Gasteiger partial charge >= 0.3 is 0 Å². The van der Waals surface area contributed by atoms with E-state index in [1.807, 2.05) is 13.8 Å². The molecule has 0 bridgehead atoms. The Balaban J connectivity index is 2.75. The Morgan fingerprint density at radius 2 is 1.89 bits per heavy atom. The highest BCUT2D eigenvalue weighted by molar-refractivity contribution is 7.89. The van der Waals surface area contributed by atoms with E-state index in [1.165, 1.54) is 0 Å². The lowest BCUT2D eigenvalue weighted by Gasteiger charge is -2.11. The third kappa shape index (κ3) is 4.46. The van der Waals surface area contributed by atoms with E-state index < -0.39 is 10.0 Å². The maximum Gasteiger partial charge on any atom is 0.242 e. The first-order valence-corrected chi connectivity index (χ1v) is 7.42. The van der Waals surface area contributed by atoms with Crippen molar-refractivity contribution >= 4 is 15.7 Å². The third-order valence-corrected chi connectivity index (χ3v) is 4.21. The molecule has 4 N–H and O–H groups in total. The van der Waals surface area contributed by atoms with E-state index in [2.05, 4.69) is 4.72 Å². The lowest BCUT2D eigenvalue weighted by atomic mass is 10.1. The van der Waals surface area contributed by atoms with Crippen LogP contribution in [-0.4, -0.2) is 39.9 Å². The number of nitrogens with one attached hydrogen (secondary N) is 1. The summed E-state index contributed by atoms with van der Waals surface area (Å²) >= 11 is 0. The summed E-state index contributed by atoms with van der Waals surface area (Å²) in [6.45, 7) is 4.14. The van der Waals surface area contributed by atoms with E-state index in [4.69, 9.17) is 15.6 Å². The molecule has 0 amide bonds. The predicted octanol–water partition coefficient (Wildman–Crippen LogP) is 0.173. The minimum atomic E-state index is -3.63. The lowest BCUT2D eigenvalue weighted by Crippen LogP contribution is -2.28. The van der Waals surface area contributed by atoms with Gasteiger partial charge in [0.05, 0.1) is 25.5 Å². The minimum Gasteiger partial charge on any atom is -0.398 e. The predicted molar refractivity (Wildman–Crippen MR) is 73.4 cm³/mol. The van der Waals surface area contributed by atoms with Crippen LogP contribution < -0.4 is 10.5 Å². The van der Waals surface area contributed by atoms with Gasteiger partial charge in [0.1, 0.15) is 4.90 Å². The van der Waals surface area contributed by atoms with Gasteiger partial charge in [-0.15, -0.1) is 0 Å². The highest BCUT2D eigenvalue weighted by Gasteiger charge is 2.17. The highest BCUT2D eigenvalue weighted by atomic mass is 32.2. The Labute approximate surface area is 113 Å². The van der Waals surface area contributed by atoms with E-state index in [0.29, 0.717) is 0 Å². The van der Waals surface area contributed by atoms with Crippen LogP contribution in [-0.2, 0) is 14.8 Å². The lowest BCUT2D eigenvalue weighted by molar-refractivity contribution is 0.0961. The SMILES string of the molecule is Cc1cc(N)c(S(=O)(=O)NCCOCCO)cc1C. The number of benzene rings is 1. The third-order valence-electron chi connectivity index (χ3n) is 2.69. The summed E-state index contributed by atoms with van der Waals surface area (Å²) in [5.41, 5.74) is 7.79. The van der Waals surface area contributed by atoms with Crippen LogP contribution in [0.3, 0.4) is 0 Å². The average molecular weight is 288 g/mol. The van der Waals surface area contributed by atoms with Gasteiger partial charge in [-0.25, -0.2) is 13.1 Å². The summed E-state index contributed by atoms with van der Waals surface area (Å²) in [6, 6.07) is 3.20. The number of ether oxygens (including phenoxy) is 1. The van der Waals surface area contributed by atoms with E-state index >= 15 is 0 Å². The molecule has 0 aromatic heterocycles. The first-order chi connectivity index (χ1) is 8.88. The Morgan fingerprint density at radius 3 is 2.53 bits per heavy atom. The zero-order chi connectivity index (χ0) is 14.5. The molecule has 0 heterocycles. The quantitative estimate of drug-likeness (QED) is 0.490. The molecule has 1 aromatic carbocycles. The van der Waals surface area contributed by atoms with Gasteiger partial charge in [-0.05, 0) is 37.1 Å². The minimum absolute atomic E-state index is 0.0813. The van der Waals surface area contributed by atoms with Gasteiger partial charge in [0.15, 0.2) is 0 Å². The van der Waals surface area contributed by atoms with Crippen molar-refractivity contribution in [3.63, 3.8) is 0 Å². The van der Waals surface area contributed by atoms with Crippen molar-refractivity contribution in [2.75, 3.05) is 32.1 Å². The Hall–Kier alpha value is -1.15. The molecule has 6 nitrogen and oxygen atoms in total. The summed E-state index contributed by atoms with van der Waals surface area (Å²) in [5.74, 6) is 0. The van der Waals surface area contributed by atoms with Crippen LogP contribution in [0, 0.1) is 13.8 Å². The molecule has 0 aliphatic rings. The summed E-state index contributed by atoms with van der Waals surface area (Å²) in [5, 5.41) is 8.52. The molecular formula is C12H20N2O4S. The summed E-state index contributed by atoms with van der Waals surface area (Å²) in [6.07, 6.45) is 0. The number of aliphatic hydroxyl groups is 1. The molecule has 0 aliphatic carbocycles. The molecule has 0 atom stereocenters. The van der Waals surface area contributed by atoms with Crippen molar-refractivity contribution in [3.05, 3.63) is 23.3 Å². The van der Waals surface area contributed by atoms with Crippen LogP contribution in [0.5, 0.6) is 0 Å². The van der Waals surface area contributed by atoms with E-state index in [0.717, 1.165) is 11.1 Å². The normalized spacial score (nSPS) is 11.7. The largest absolute Gasteiger partial charge is 0.398 e. The first kappa shape index (κ1) is 15.9. The number of nitrogen functional groups attached to an aromatic ring is 1. The van der Waals surface area contributed by atoms with E-state index in [-0.39, 0.29) is 36.9 Å². The molecule has 1 aromatic rings. The van der Waals surface area contributed by atoms with Gasteiger partial charge in [0.25, 0.3) is 0 Å². The number of anilines is 1. The topological polar surface area (TPSA) is 102 Å². The maximum absolute atomic E-state index is 12.1. The van der Waals surface area contributed by atoms with Gasteiger partial charge in [0.2, 0.25) is 10.0 Å². The number of rotatable bonds is 7. The number of sulfonamides is 1. The molecule has 1 rings (SSSR count). The first-order valence-electron chi connectivity index (χ1n) is 5.93. The second kappa shape index (κ2) is 6.85. The van der Waals surface area contributed by atoms with E-state index in [1.54, 1.807) is 12.1 Å². The van der Waals surface area contributed by atoms with Gasteiger partial charge in [-0.3, -0.25) is 0 Å². The molecule has 108 valence electrons. The number of aryl methyl sites for hydroxylation is 2. The highest BCUT2D eigenvalue weighted by Crippen LogP contribution is 2.22. The monoisotopic (exact) mass is 288 g/mol. The van der Waals surface area contributed by atoms with Crippen LogP contribution in [0.1, 0.15) is 11.1 Å². The zero-order valence-corrected chi connectivity index (χ0v) is 12.0. The zero-order valence-electron chi connectivity index (χ0n) is 11.1. The Kier molecular flexibility index (Phi) is 5.74. The standard InChI is InChI=1S/C12H20N2O4S/c1-9-7-11(13)12(8-10(9)2)19(16,17)14-3-5-18-6-4-15/h7-8,14-15H,3-6,13H2,1-2H3. The molecular weight excluding hydrogens is 268 g/mol. The number of aliphatic hydroxyl groups excluding tert-OH is 1. The smallest absolute Gasteiger partial charge is 0.242 e. The van der Waals surface area contributed by atoms with Crippen LogP contribution in [0.2, 0.25) is 0 Å². The Bertz CT molecular complexity index is 529. The molecule has 19 heavy (non-hydrogen) atoms. The van der Waals surface area contributed by atoms with Crippen LogP contribution in [0.15, 0.2) is 17.0 Å². The molecule has 0 radical (unpaired) electrons. The van der Waals surface area contributed by atoms with Crippen molar-refractivity contribution in [2.45, 2.75) is 18.7 Å². The molecule has 0 spiro atoms. The van der Waals surface area contributed by atoms with Crippen LogP contribution in [0.25, 0.3) is 0 Å².